The second-order valence-electron chi connectivity index (χ2n) is 8.84. The molecule has 0 radical (unpaired) electrons. The molecule has 1 aliphatic rings. The van der Waals surface area contributed by atoms with Crippen molar-refractivity contribution in [3.8, 4) is 0 Å². The van der Waals surface area contributed by atoms with Crippen LogP contribution in [0.2, 0.25) is 0 Å². The first kappa shape index (κ1) is 21.1. The van der Waals surface area contributed by atoms with E-state index in [-0.39, 0.29) is 28.6 Å². The van der Waals surface area contributed by atoms with Crippen molar-refractivity contribution in [2.24, 2.45) is 0 Å². The summed E-state index contributed by atoms with van der Waals surface area (Å²) < 4.78 is 3.22. The Labute approximate surface area is 191 Å². The molecule has 33 heavy (non-hydrogen) atoms. The number of benzene rings is 1. The Kier molecular flexibility index (Phi) is 5.54. The minimum Gasteiger partial charge on any atom is -0.349 e. The molecule has 7 nitrogen and oxygen atoms in total. The van der Waals surface area contributed by atoms with Gasteiger partial charge in [-0.3, -0.25) is 19.4 Å². The van der Waals surface area contributed by atoms with Crippen LogP contribution < -0.4 is 16.4 Å². The normalized spacial score (nSPS) is 14.2. The highest BCUT2D eigenvalue weighted by Crippen LogP contribution is 2.18. The molecule has 0 spiro atoms. The molecule has 1 fully saturated rings. The number of aromatic nitrogens is 3. The number of nitrogens with zero attached hydrogens (tertiary/aromatic N) is 3. The zero-order valence-electron chi connectivity index (χ0n) is 18.7. The average molecular weight is 442 g/mol. The van der Waals surface area contributed by atoms with Gasteiger partial charge in [0.05, 0.1) is 10.9 Å². The zero-order valence-corrected chi connectivity index (χ0v) is 18.7. The van der Waals surface area contributed by atoms with Gasteiger partial charge >= 0.3 is 0 Å². The van der Waals surface area contributed by atoms with E-state index in [4.69, 9.17) is 10.4 Å². The molecule has 2 N–H and O–H groups in total. The lowest BCUT2D eigenvalue weighted by Gasteiger charge is -2.16. The summed E-state index contributed by atoms with van der Waals surface area (Å²) in [4.78, 5) is 31.3. The monoisotopic (exact) mass is 441 g/mol. The lowest BCUT2D eigenvalue weighted by atomic mass is 10.1. The number of pyridine rings is 2. The van der Waals surface area contributed by atoms with Crippen molar-refractivity contribution in [1.29, 1.82) is 5.41 Å². The van der Waals surface area contributed by atoms with Gasteiger partial charge in [0.2, 0.25) is 0 Å². The molecule has 0 atom stereocenters. The molecule has 0 aliphatic heterocycles. The number of hydrogen-bond donors (Lipinski definition) is 2. The summed E-state index contributed by atoms with van der Waals surface area (Å²) in [5.74, 6) is -0.295. The zero-order chi connectivity index (χ0) is 22.9. The quantitative estimate of drug-likeness (QED) is 0.465. The molecular formula is C26H27N5O2. The Morgan fingerprint density at radius 2 is 1.91 bits per heavy atom. The fourth-order valence-corrected chi connectivity index (χ4v) is 4.65. The van der Waals surface area contributed by atoms with Crippen LogP contribution in [0.25, 0.3) is 16.7 Å². The van der Waals surface area contributed by atoms with Gasteiger partial charge in [-0.25, -0.2) is 4.98 Å². The van der Waals surface area contributed by atoms with Gasteiger partial charge in [-0.1, -0.05) is 49.2 Å². The van der Waals surface area contributed by atoms with Gasteiger partial charge in [-0.2, -0.15) is 0 Å². The molecular weight excluding hydrogens is 414 g/mol. The number of fused-ring (bicyclic) bond motifs is 2. The highest BCUT2D eigenvalue weighted by molar-refractivity contribution is 5.97. The van der Waals surface area contributed by atoms with Gasteiger partial charge in [0, 0.05) is 18.8 Å². The highest BCUT2D eigenvalue weighted by atomic mass is 16.2. The Hall–Kier alpha value is -3.74. The number of aryl methyl sites for hydroxylation is 3. The SMILES string of the molecule is Cc1ccc2nc3c(cc(C(=O)NC4CCCC4)c(=N)n3CCc3ccccc3)c(=O)n2c1. The predicted octanol–water partition coefficient (Wildman–Crippen LogP) is 3.35. The Morgan fingerprint density at radius 3 is 2.67 bits per heavy atom. The molecule has 3 heterocycles. The van der Waals surface area contributed by atoms with Gasteiger partial charge in [0.1, 0.15) is 16.8 Å². The Bertz CT molecular complexity index is 1460. The first-order chi connectivity index (χ1) is 16.0. The van der Waals surface area contributed by atoms with E-state index in [1.807, 2.05) is 49.4 Å². The molecule has 1 aliphatic carbocycles. The van der Waals surface area contributed by atoms with Gasteiger partial charge in [0.15, 0.2) is 0 Å². The van der Waals surface area contributed by atoms with Crippen molar-refractivity contribution in [3.63, 3.8) is 0 Å². The number of rotatable bonds is 5. The summed E-state index contributed by atoms with van der Waals surface area (Å²) >= 11 is 0. The van der Waals surface area contributed by atoms with E-state index in [1.165, 1.54) is 4.40 Å². The lowest BCUT2D eigenvalue weighted by Crippen LogP contribution is -2.38. The van der Waals surface area contributed by atoms with Crippen molar-refractivity contribution in [1.82, 2.24) is 19.3 Å². The van der Waals surface area contributed by atoms with Crippen LogP contribution in [0.1, 0.15) is 47.2 Å². The molecule has 0 bridgehead atoms. The maximum Gasteiger partial charge on any atom is 0.267 e. The molecule has 0 saturated heterocycles. The van der Waals surface area contributed by atoms with Gasteiger partial charge < -0.3 is 9.88 Å². The summed E-state index contributed by atoms with van der Waals surface area (Å²) in [6.45, 7) is 2.36. The van der Waals surface area contributed by atoms with Crippen molar-refractivity contribution in [2.75, 3.05) is 0 Å². The minimum absolute atomic E-state index is 0.0808. The van der Waals surface area contributed by atoms with E-state index in [0.717, 1.165) is 36.8 Å². The largest absolute Gasteiger partial charge is 0.349 e. The topological polar surface area (TPSA) is 92.2 Å². The van der Waals surface area contributed by atoms with Crippen LogP contribution in [0.15, 0.2) is 59.5 Å². The third-order valence-electron chi connectivity index (χ3n) is 6.46. The van der Waals surface area contributed by atoms with Crippen LogP contribution in [0.5, 0.6) is 0 Å². The fourth-order valence-electron chi connectivity index (χ4n) is 4.65. The van der Waals surface area contributed by atoms with E-state index in [0.29, 0.717) is 29.6 Å². The lowest BCUT2D eigenvalue weighted by molar-refractivity contribution is 0.0935. The van der Waals surface area contributed by atoms with Crippen molar-refractivity contribution < 1.29 is 4.79 Å². The van der Waals surface area contributed by atoms with Crippen LogP contribution in [0, 0.1) is 12.3 Å². The second kappa shape index (κ2) is 8.65. The molecule has 5 rings (SSSR count). The number of carbonyl (C=O) groups excluding carboxylic acids is 1. The number of nitrogens with one attached hydrogen (secondary N) is 2. The molecule has 1 saturated carbocycles. The molecule has 3 aromatic heterocycles. The molecule has 7 heteroatoms. The summed E-state index contributed by atoms with van der Waals surface area (Å²) in [5.41, 5.74) is 3.08. The van der Waals surface area contributed by atoms with Crippen LogP contribution in [0.4, 0.5) is 0 Å². The Morgan fingerprint density at radius 1 is 1.15 bits per heavy atom. The van der Waals surface area contributed by atoms with E-state index in [2.05, 4.69) is 5.32 Å². The molecule has 0 unspecified atom stereocenters. The minimum atomic E-state index is -0.295. The van der Waals surface area contributed by atoms with E-state index in [1.54, 1.807) is 16.8 Å². The predicted molar refractivity (Wildman–Crippen MR) is 127 cm³/mol. The fraction of sp³-hybridized carbons (Fsp3) is 0.308. The van der Waals surface area contributed by atoms with Crippen molar-refractivity contribution in [2.45, 2.75) is 51.6 Å². The van der Waals surface area contributed by atoms with Gasteiger partial charge in [0.25, 0.3) is 11.5 Å². The van der Waals surface area contributed by atoms with Crippen LogP contribution in [0.3, 0.4) is 0 Å². The van der Waals surface area contributed by atoms with Crippen LogP contribution in [-0.4, -0.2) is 25.9 Å². The summed E-state index contributed by atoms with van der Waals surface area (Å²) in [5, 5.41) is 12.3. The summed E-state index contributed by atoms with van der Waals surface area (Å²) in [6, 6.07) is 15.4. The highest BCUT2D eigenvalue weighted by Gasteiger charge is 2.22. The maximum absolute atomic E-state index is 13.4. The third-order valence-corrected chi connectivity index (χ3v) is 6.46. The van der Waals surface area contributed by atoms with Gasteiger partial charge in [-0.15, -0.1) is 0 Å². The van der Waals surface area contributed by atoms with Crippen LogP contribution in [-0.2, 0) is 13.0 Å². The van der Waals surface area contributed by atoms with E-state index >= 15 is 0 Å². The molecule has 168 valence electrons. The first-order valence-corrected chi connectivity index (χ1v) is 11.5. The van der Waals surface area contributed by atoms with Crippen molar-refractivity contribution >= 4 is 22.6 Å². The number of hydrogen-bond acceptors (Lipinski definition) is 4. The number of amides is 1. The van der Waals surface area contributed by atoms with Crippen LogP contribution >= 0.6 is 0 Å². The van der Waals surface area contributed by atoms with Crippen molar-refractivity contribution in [3.05, 3.63) is 87.3 Å². The molecule has 4 aromatic rings. The smallest absolute Gasteiger partial charge is 0.267 e. The number of carbonyl (C=O) groups is 1. The van der Waals surface area contributed by atoms with E-state index in [9.17, 15) is 9.59 Å². The Balaban J connectivity index is 1.68. The first-order valence-electron chi connectivity index (χ1n) is 11.5. The second-order valence-corrected chi connectivity index (χ2v) is 8.84. The van der Waals surface area contributed by atoms with Gasteiger partial charge in [-0.05, 0) is 49.4 Å². The maximum atomic E-state index is 13.4. The standard InChI is InChI=1S/C26H27N5O2/c1-17-11-12-22-29-24-21(26(33)31(22)16-17)15-20(25(32)28-19-9-5-6-10-19)23(27)30(24)14-13-18-7-3-2-4-8-18/h2-4,7-8,11-12,15-16,19,27H,5-6,9-10,13-14H2,1H3,(H,28,32). The molecule has 1 aromatic carbocycles. The summed E-state index contributed by atoms with van der Waals surface area (Å²) in [7, 11) is 0. The molecule has 1 amide bonds. The average Bonchev–Trinajstić information content (AvgIpc) is 3.32. The summed E-state index contributed by atoms with van der Waals surface area (Å²) in [6.07, 6.45) is 6.53. The third kappa shape index (κ3) is 4.06. The van der Waals surface area contributed by atoms with E-state index < -0.39 is 0 Å².